The highest BCUT2D eigenvalue weighted by atomic mass is 16.4. The smallest absolute Gasteiger partial charge is 0.326 e. The lowest BCUT2D eigenvalue weighted by atomic mass is 10.0. The van der Waals surface area contributed by atoms with Gasteiger partial charge in [-0.1, -0.05) is 6.42 Å². The molecule has 1 aliphatic heterocycles. The maximum absolute atomic E-state index is 11.9. The molecule has 6 heteroatoms. The number of aliphatic hydroxyl groups excluding tert-OH is 1. The first-order chi connectivity index (χ1) is 8.61. The number of rotatable bonds is 4. The molecule has 3 N–H and O–H groups in total. The molecule has 102 valence electrons. The third kappa shape index (κ3) is 2.75. The molecule has 2 amide bonds. The van der Waals surface area contributed by atoms with Crippen LogP contribution in [0.2, 0.25) is 0 Å². The van der Waals surface area contributed by atoms with Gasteiger partial charge in [-0.3, -0.25) is 0 Å². The highest BCUT2D eigenvalue weighted by Crippen LogP contribution is 2.37. The van der Waals surface area contributed by atoms with Crippen LogP contribution >= 0.6 is 0 Å². The Kier molecular flexibility index (Phi) is 4.06. The van der Waals surface area contributed by atoms with Crippen molar-refractivity contribution in [3.63, 3.8) is 0 Å². The van der Waals surface area contributed by atoms with Gasteiger partial charge >= 0.3 is 12.0 Å². The number of nitrogens with one attached hydrogen (secondary N) is 1. The molecule has 0 radical (unpaired) electrons. The molecule has 0 aromatic heterocycles. The molecular weight excluding hydrogens is 236 g/mol. The van der Waals surface area contributed by atoms with Gasteiger partial charge in [-0.15, -0.1) is 0 Å². The van der Waals surface area contributed by atoms with Crippen molar-refractivity contribution < 1.29 is 19.8 Å². The fourth-order valence-corrected chi connectivity index (χ4v) is 3.03. The summed E-state index contributed by atoms with van der Waals surface area (Å²) in [6.45, 7) is 1.23. The second kappa shape index (κ2) is 5.56. The third-order valence-electron chi connectivity index (χ3n) is 4.03. The fraction of sp³-hybridized carbons (Fsp3) is 0.833. The highest BCUT2D eigenvalue weighted by Gasteiger charge is 2.38. The Morgan fingerprint density at radius 1 is 1.28 bits per heavy atom. The number of carboxylic acid groups (broad SMARTS) is 1. The minimum absolute atomic E-state index is 0.0434. The SMILES string of the molecule is O=C(O)[C@@H](CCO)NC(=O)N1CC2CCCC2C1. The monoisotopic (exact) mass is 256 g/mol. The molecule has 1 heterocycles. The summed E-state index contributed by atoms with van der Waals surface area (Å²) in [4.78, 5) is 24.5. The average Bonchev–Trinajstić information content (AvgIpc) is 2.87. The second-order valence-electron chi connectivity index (χ2n) is 5.21. The van der Waals surface area contributed by atoms with Crippen LogP contribution in [0.3, 0.4) is 0 Å². The molecule has 1 aliphatic carbocycles. The maximum Gasteiger partial charge on any atom is 0.326 e. The molecular formula is C12H20N2O4. The van der Waals surface area contributed by atoms with Crippen LogP contribution in [0, 0.1) is 11.8 Å². The Morgan fingerprint density at radius 2 is 1.89 bits per heavy atom. The van der Waals surface area contributed by atoms with Crippen LogP contribution in [-0.4, -0.2) is 52.9 Å². The summed E-state index contributed by atoms with van der Waals surface area (Å²) >= 11 is 0. The molecule has 0 spiro atoms. The van der Waals surface area contributed by atoms with E-state index in [1.165, 1.54) is 19.3 Å². The standard InChI is InChI=1S/C12H20N2O4/c15-5-4-10(11(16)17)13-12(18)14-6-8-2-1-3-9(8)7-14/h8-10,15H,1-7H2,(H,13,18)(H,16,17)/t8?,9?,10-/m1/s1. The molecule has 3 atom stereocenters. The van der Waals surface area contributed by atoms with Gasteiger partial charge in [-0.05, 0) is 24.7 Å². The summed E-state index contributed by atoms with van der Waals surface area (Å²) in [6.07, 6.45) is 3.63. The lowest BCUT2D eigenvalue weighted by Crippen LogP contribution is -2.47. The minimum Gasteiger partial charge on any atom is -0.480 e. The first-order valence-electron chi connectivity index (χ1n) is 6.51. The molecule has 0 bridgehead atoms. The summed E-state index contributed by atoms with van der Waals surface area (Å²) < 4.78 is 0. The lowest BCUT2D eigenvalue weighted by molar-refractivity contribution is -0.139. The van der Waals surface area contributed by atoms with Crippen LogP contribution in [0.1, 0.15) is 25.7 Å². The van der Waals surface area contributed by atoms with Crippen LogP contribution < -0.4 is 5.32 Å². The Morgan fingerprint density at radius 3 is 2.39 bits per heavy atom. The van der Waals surface area contributed by atoms with E-state index in [0.717, 1.165) is 13.1 Å². The highest BCUT2D eigenvalue weighted by molar-refractivity contribution is 5.82. The number of likely N-dealkylation sites (tertiary alicyclic amines) is 1. The Balaban J connectivity index is 1.86. The van der Waals surface area contributed by atoms with Crippen LogP contribution in [-0.2, 0) is 4.79 Å². The van der Waals surface area contributed by atoms with Gasteiger partial charge in [-0.25, -0.2) is 9.59 Å². The van der Waals surface area contributed by atoms with Crippen LogP contribution in [0.4, 0.5) is 4.79 Å². The van der Waals surface area contributed by atoms with Crippen LogP contribution in [0.25, 0.3) is 0 Å². The van der Waals surface area contributed by atoms with E-state index in [0.29, 0.717) is 11.8 Å². The van der Waals surface area contributed by atoms with Crippen molar-refractivity contribution in [1.29, 1.82) is 0 Å². The van der Waals surface area contributed by atoms with E-state index < -0.39 is 12.0 Å². The van der Waals surface area contributed by atoms with Gasteiger partial charge in [0.2, 0.25) is 0 Å². The van der Waals surface area contributed by atoms with Gasteiger partial charge in [0, 0.05) is 26.1 Å². The first kappa shape index (κ1) is 13.1. The molecule has 2 fully saturated rings. The number of urea groups is 1. The molecule has 6 nitrogen and oxygen atoms in total. The zero-order valence-corrected chi connectivity index (χ0v) is 10.3. The maximum atomic E-state index is 11.9. The molecule has 0 aromatic carbocycles. The number of hydrogen-bond donors (Lipinski definition) is 3. The van der Waals surface area contributed by atoms with Crippen molar-refractivity contribution in [3.05, 3.63) is 0 Å². The van der Waals surface area contributed by atoms with Crippen molar-refractivity contribution in [3.8, 4) is 0 Å². The number of carboxylic acids is 1. The van der Waals surface area contributed by atoms with Crippen molar-refractivity contribution in [1.82, 2.24) is 10.2 Å². The molecule has 0 aromatic rings. The van der Waals surface area contributed by atoms with E-state index in [-0.39, 0.29) is 19.1 Å². The largest absolute Gasteiger partial charge is 0.480 e. The summed E-state index contributed by atoms with van der Waals surface area (Å²) in [5.74, 6) is 0.0885. The summed E-state index contributed by atoms with van der Waals surface area (Å²) in [5, 5.41) is 20.2. The zero-order valence-electron chi connectivity index (χ0n) is 10.3. The number of nitrogens with zero attached hydrogens (tertiary/aromatic N) is 1. The third-order valence-corrected chi connectivity index (χ3v) is 4.03. The van der Waals surface area contributed by atoms with Crippen LogP contribution in [0.5, 0.6) is 0 Å². The number of amides is 2. The van der Waals surface area contributed by atoms with Gasteiger partial charge in [0.15, 0.2) is 0 Å². The van der Waals surface area contributed by atoms with Gasteiger partial charge < -0.3 is 20.4 Å². The first-order valence-corrected chi connectivity index (χ1v) is 6.51. The predicted octanol–water partition coefficient (Wildman–Crippen LogP) is 0.263. The Hall–Kier alpha value is -1.30. The van der Waals surface area contributed by atoms with Gasteiger partial charge in [0.1, 0.15) is 6.04 Å². The molecule has 2 unspecified atom stereocenters. The molecule has 18 heavy (non-hydrogen) atoms. The predicted molar refractivity (Wildman–Crippen MR) is 64.1 cm³/mol. The normalized spacial score (nSPS) is 27.9. The Labute approximate surface area is 106 Å². The second-order valence-corrected chi connectivity index (χ2v) is 5.21. The number of carbonyl (C=O) groups excluding carboxylic acids is 1. The zero-order chi connectivity index (χ0) is 13.1. The average molecular weight is 256 g/mol. The van der Waals surface area contributed by atoms with E-state index in [1.54, 1.807) is 4.90 Å². The summed E-state index contributed by atoms with van der Waals surface area (Å²) in [6, 6.07) is -1.31. The number of hydrogen-bond acceptors (Lipinski definition) is 3. The van der Waals surface area contributed by atoms with E-state index in [9.17, 15) is 9.59 Å². The number of aliphatic hydroxyl groups is 1. The van der Waals surface area contributed by atoms with Gasteiger partial charge in [-0.2, -0.15) is 0 Å². The van der Waals surface area contributed by atoms with Crippen molar-refractivity contribution >= 4 is 12.0 Å². The summed E-state index contributed by atoms with van der Waals surface area (Å²) in [5.41, 5.74) is 0. The van der Waals surface area contributed by atoms with E-state index in [4.69, 9.17) is 10.2 Å². The number of fused-ring (bicyclic) bond motifs is 1. The van der Waals surface area contributed by atoms with Gasteiger partial charge in [0.25, 0.3) is 0 Å². The lowest BCUT2D eigenvalue weighted by Gasteiger charge is -2.21. The molecule has 2 rings (SSSR count). The molecule has 1 saturated heterocycles. The minimum atomic E-state index is -1.10. The van der Waals surface area contributed by atoms with Gasteiger partial charge in [0.05, 0.1) is 0 Å². The van der Waals surface area contributed by atoms with Crippen molar-refractivity contribution in [2.24, 2.45) is 11.8 Å². The van der Waals surface area contributed by atoms with E-state index in [2.05, 4.69) is 5.32 Å². The fourth-order valence-electron chi connectivity index (χ4n) is 3.03. The van der Waals surface area contributed by atoms with E-state index >= 15 is 0 Å². The topological polar surface area (TPSA) is 89.9 Å². The molecule has 1 saturated carbocycles. The van der Waals surface area contributed by atoms with Crippen molar-refractivity contribution in [2.45, 2.75) is 31.7 Å². The quantitative estimate of drug-likeness (QED) is 0.673. The molecule has 2 aliphatic rings. The number of carbonyl (C=O) groups is 2. The Bertz CT molecular complexity index is 322. The van der Waals surface area contributed by atoms with E-state index in [1.807, 2.05) is 0 Å². The van der Waals surface area contributed by atoms with Crippen molar-refractivity contribution in [2.75, 3.05) is 19.7 Å². The number of aliphatic carboxylic acids is 1. The summed E-state index contributed by atoms with van der Waals surface area (Å²) in [7, 11) is 0. The van der Waals surface area contributed by atoms with Crippen LogP contribution in [0.15, 0.2) is 0 Å².